The molecule has 0 aromatic carbocycles. The van der Waals surface area contributed by atoms with Gasteiger partial charge in [0.2, 0.25) is 0 Å². The van der Waals surface area contributed by atoms with Crippen LogP contribution >= 0.6 is 0 Å². The summed E-state index contributed by atoms with van der Waals surface area (Å²) in [6.45, 7) is 3.98. The highest BCUT2D eigenvalue weighted by molar-refractivity contribution is 5.77. The van der Waals surface area contributed by atoms with Crippen LogP contribution in [0.2, 0.25) is 0 Å². The van der Waals surface area contributed by atoms with Crippen molar-refractivity contribution in [1.82, 2.24) is 9.80 Å². The summed E-state index contributed by atoms with van der Waals surface area (Å²) < 4.78 is 5.26. The van der Waals surface area contributed by atoms with Crippen LogP contribution in [0.3, 0.4) is 0 Å². The van der Waals surface area contributed by atoms with Gasteiger partial charge in [-0.05, 0) is 12.3 Å². The number of carboxylic acids is 1. The Balaban J connectivity index is 1.95. The topological polar surface area (TPSA) is 70.1 Å². The molecule has 2 aliphatic heterocycles. The van der Waals surface area contributed by atoms with Crippen molar-refractivity contribution in [1.29, 1.82) is 0 Å². The van der Waals surface area contributed by atoms with Crippen molar-refractivity contribution in [3.05, 3.63) is 0 Å². The first-order chi connectivity index (χ1) is 8.50. The Morgan fingerprint density at radius 2 is 2.11 bits per heavy atom. The van der Waals surface area contributed by atoms with Gasteiger partial charge >= 0.3 is 12.0 Å². The number of carbonyl (C=O) groups excluding carboxylic acids is 1. The average molecular weight is 256 g/mol. The number of carbonyl (C=O) groups is 2. The number of likely N-dealkylation sites (tertiary alicyclic amines) is 1. The average Bonchev–Trinajstić information content (AvgIpc) is 2.95. The fourth-order valence-corrected chi connectivity index (χ4v) is 2.65. The molecule has 102 valence electrons. The second-order valence-electron chi connectivity index (χ2n) is 5.24. The maximum Gasteiger partial charge on any atom is 0.320 e. The molecule has 2 heterocycles. The molecule has 0 aliphatic carbocycles. The molecular weight excluding hydrogens is 236 g/mol. The van der Waals surface area contributed by atoms with E-state index in [0.717, 1.165) is 6.42 Å². The fraction of sp³-hybridized carbons (Fsp3) is 0.833. The van der Waals surface area contributed by atoms with Crippen LogP contribution in [0.4, 0.5) is 4.79 Å². The largest absolute Gasteiger partial charge is 0.481 e. The number of urea groups is 1. The minimum Gasteiger partial charge on any atom is -0.481 e. The van der Waals surface area contributed by atoms with Gasteiger partial charge in [0.05, 0.1) is 18.6 Å². The van der Waals surface area contributed by atoms with E-state index in [2.05, 4.69) is 0 Å². The molecule has 0 spiro atoms. The van der Waals surface area contributed by atoms with Gasteiger partial charge in [-0.3, -0.25) is 4.79 Å². The molecule has 3 atom stereocenters. The minimum atomic E-state index is -0.815. The summed E-state index contributed by atoms with van der Waals surface area (Å²) >= 11 is 0. The van der Waals surface area contributed by atoms with Crippen molar-refractivity contribution in [2.45, 2.75) is 19.4 Å². The van der Waals surface area contributed by atoms with E-state index < -0.39 is 11.9 Å². The van der Waals surface area contributed by atoms with E-state index in [0.29, 0.717) is 26.3 Å². The number of hydrogen-bond acceptors (Lipinski definition) is 3. The van der Waals surface area contributed by atoms with Gasteiger partial charge in [-0.15, -0.1) is 0 Å². The van der Waals surface area contributed by atoms with Crippen LogP contribution in [0.25, 0.3) is 0 Å². The third kappa shape index (κ3) is 2.43. The predicted octanol–water partition coefficient (Wildman–Crippen LogP) is 0.480. The third-order valence-corrected chi connectivity index (χ3v) is 3.96. The molecule has 0 aromatic heterocycles. The molecule has 2 saturated heterocycles. The number of nitrogens with zero attached hydrogens (tertiary/aromatic N) is 2. The third-order valence-electron chi connectivity index (χ3n) is 3.96. The van der Waals surface area contributed by atoms with Gasteiger partial charge < -0.3 is 19.6 Å². The van der Waals surface area contributed by atoms with Crippen molar-refractivity contribution in [2.24, 2.45) is 11.8 Å². The molecule has 18 heavy (non-hydrogen) atoms. The number of rotatable bonds is 2. The second-order valence-corrected chi connectivity index (χ2v) is 5.24. The first-order valence-corrected chi connectivity index (χ1v) is 6.33. The van der Waals surface area contributed by atoms with Crippen molar-refractivity contribution in [3.63, 3.8) is 0 Å². The monoisotopic (exact) mass is 256 g/mol. The number of ether oxygens (including phenoxy) is 1. The smallest absolute Gasteiger partial charge is 0.320 e. The first kappa shape index (κ1) is 13.1. The zero-order chi connectivity index (χ0) is 13.3. The predicted molar refractivity (Wildman–Crippen MR) is 64.2 cm³/mol. The lowest BCUT2D eigenvalue weighted by Gasteiger charge is -2.28. The Morgan fingerprint density at radius 1 is 1.39 bits per heavy atom. The van der Waals surface area contributed by atoms with E-state index in [1.807, 2.05) is 6.92 Å². The zero-order valence-electron chi connectivity index (χ0n) is 10.8. The molecule has 6 heteroatoms. The van der Waals surface area contributed by atoms with E-state index in [4.69, 9.17) is 9.84 Å². The summed E-state index contributed by atoms with van der Waals surface area (Å²) in [6.07, 6.45) is 0.855. The number of likely N-dealkylation sites (N-methyl/N-ethyl adjacent to an activating group) is 1. The zero-order valence-corrected chi connectivity index (χ0v) is 10.8. The van der Waals surface area contributed by atoms with E-state index in [-0.39, 0.29) is 18.0 Å². The summed E-state index contributed by atoms with van der Waals surface area (Å²) in [5.74, 6) is -1.24. The van der Waals surface area contributed by atoms with Gasteiger partial charge in [-0.2, -0.15) is 0 Å². The lowest BCUT2D eigenvalue weighted by molar-refractivity contribution is -0.142. The highest BCUT2D eigenvalue weighted by Crippen LogP contribution is 2.25. The van der Waals surface area contributed by atoms with E-state index in [9.17, 15) is 9.59 Å². The van der Waals surface area contributed by atoms with E-state index in [1.54, 1.807) is 16.8 Å². The van der Waals surface area contributed by atoms with Crippen LogP contribution in [0.5, 0.6) is 0 Å². The van der Waals surface area contributed by atoms with Crippen molar-refractivity contribution in [2.75, 3.05) is 33.4 Å². The van der Waals surface area contributed by atoms with E-state index in [1.165, 1.54) is 0 Å². The second kappa shape index (κ2) is 5.14. The van der Waals surface area contributed by atoms with Crippen LogP contribution in [0, 0.1) is 11.8 Å². The van der Waals surface area contributed by atoms with Crippen LogP contribution < -0.4 is 0 Å². The molecule has 0 saturated carbocycles. The fourth-order valence-electron chi connectivity index (χ4n) is 2.65. The van der Waals surface area contributed by atoms with Crippen molar-refractivity contribution >= 4 is 12.0 Å². The number of carboxylic acid groups (broad SMARTS) is 1. The van der Waals surface area contributed by atoms with Gasteiger partial charge in [0, 0.05) is 26.7 Å². The Bertz CT molecular complexity index is 341. The number of amides is 2. The quantitative estimate of drug-likeness (QED) is 0.780. The Morgan fingerprint density at radius 3 is 2.61 bits per heavy atom. The highest BCUT2D eigenvalue weighted by Gasteiger charge is 2.39. The summed E-state index contributed by atoms with van der Waals surface area (Å²) in [4.78, 5) is 26.6. The molecular formula is C12H20N2O4. The number of aliphatic carboxylic acids is 1. The molecule has 0 bridgehead atoms. The highest BCUT2D eigenvalue weighted by atomic mass is 16.5. The summed E-state index contributed by atoms with van der Waals surface area (Å²) in [6, 6.07) is 0.0396. The Kier molecular flexibility index (Phi) is 3.75. The molecule has 2 aliphatic rings. The summed E-state index contributed by atoms with van der Waals surface area (Å²) in [5.41, 5.74) is 0. The van der Waals surface area contributed by atoms with Crippen LogP contribution in [-0.2, 0) is 9.53 Å². The SMILES string of the molecule is C[C@@H]1CN(C(=O)N(C)C2CCOC2)C[C@H]1C(=O)O. The standard InChI is InChI=1S/C12H20N2O4/c1-8-5-14(6-10(8)11(15)16)12(17)13(2)9-3-4-18-7-9/h8-10H,3-7H2,1-2H3,(H,15,16)/t8-,9?,10-/m1/s1. The molecule has 0 radical (unpaired) electrons. The van der Waals surface area contributed by atoms with Gasteiger partial charge in [0.25, 0.3) is 0 Å². The summed E-state index contributed by atoms with van der Waals surface area (Å²) in [5, 5.41) is 9.06. The van der Waals surface area contributed by atoms with Crippen LogP contribution in [0.1, 0.15) is 13.3 Å². The lowest BCUT2D eigenvalue weighted by Crippen LogP contribution is -2.45. The molecule has 2 rings (SSSR count). The number of hydrogen-bond donors (Lipinski definition) is 1. The van der Waals surface area contributed by atoms with Crippen molar-refractivity contribution < 1.29 is 19.4 Å². The van der Waals surface area contributed by atoms with Gasteiger partial charge in [-0.1, -0.05) is 6.92 Å². The molecule has 2 fully saturated rings. The van der Waals surface area contributed by atoms with E-state index >= 15 is 0 Å². The maximum atomic E-state index is 12.2. The maximum absolute atomic E-state index is 12.2. The molecule has 6 nitrogen and oxygen atoms in total. The first-order valence-electron chi connectivity index (χ1n) is 6.33. The normalized spacial score (nSPS) is 31.7. The summed E-state index contributed by atoms with van der Waals surface area (Å²) in [7, 11) is 1.76. The Labute approximate surface area is 106 Å². The molecule has 0 aromatic rings. The lowest BCUT2D eigenvalue weighted by atomic mass is 9.99. The minimum absolute atomic E-state index is 0.0136. The van der Waals surface area contributed by atoms with Gasteiger partial charge in [0.15, 0.2) is 0 Å². The molecule has 1 unspecified atom stereocenters. The molecule has 2 amide bonds. The van der Waals surface area contributed by atoms with Crippen molar-refractivity contribution in [3.8, 4) is 0 Å². The van der Waals surface area contributed by atoms with Crippen LogP contribution in [-0.4, -0.2) is 66.3 Å². The van der Waals surface area contributed by atoms with Gasteiger partial charge in [-0.25, -0.2) is 4.79 Å². The van der Waals surface area contributed by atoms with Gasteiger partial charge in [0.1, 0.15) is 0 Å². The Hall–Kier alpha value is -1.30. The molecule has 1 N–H and O–H groups in total. The van der Waals surface area contributed by atoms with Crippen LogP contribution in [0.15, 0.2) is 0 Å².